The van der Waals surface area contributed by atoms with E-state index in [1.54, 1.807) is 12.1 Å². The summed E-state index contributed by atoms with van der Waals surface area (Å²) in [6.45, 7) is 4.00. The first kappa shape index (κ1) is 13.8. The average Bonchev–Trinajstić information content (AvgIpc) is 2.38. The number of halogens is 1. The van der Waals surface area contributed by atoms with Gasteiger partial charge < -0.3 is 5.32 Å². The maximum absolute atomic E-state index is 14.0. The highest BCUT2D eigenvalue weighted by Gasteiger charge is 2.29. The number of nitrogens with zero attached hydrogens (tertiary/aromatic N) is 1. The first-order chi connectivity index (χ1) is 8.74. The Morgan fingerprint density at radius 1 is 1.50 bits per heavy atom. The van der Waals surface area contributed by atoms with Crippen LogP contribution in [-0.4, -0.2) is 42.6 Å². The third kappa shape index (κ3) is 3.05. The lowest BCUT2D eigenvalue weighted by atomic mass is 9.98. The lowest BCUT2D eigenvalue weighted by Gasteiger charge is -2.38. The monoisotopic (exact) mass is 268 g/mol. The zero-order valence-corrected chi connectivity index (χ0v) is 11.8. The van der Waals surface area contributed by atoms with Crippen LogP contribution in [0, 0.1) is 5.82 Å². The Bertz CT molecular complexity index is 386. The van der Waals surface area contributed by atoms with E-state index in [9.17, 15) is 4.39 Å². The molecule has 1 N–H and O–H groups in total. The van der Waals surface area contributed by atoms with Crippen LogP contribution >= 0.6 is 11.8 Å². The maximum atomic E-state index is 14.0. The Balaban J connectivity index is 2.24. The molecule has 0 saturated carbocycles. The van der Waals surface area contributed by atoms with Crippen molar-refractivity contribution in [3.8, 4) is 0 Å². The summed E-state index contributed by atoms with van der Waals surface area (Å²) in [5, 5.41) is 3.44. The molecule has 0 aliphatic carbocycles. The molecular formula is C14H21FN2S. The summed E-state index contributed by atoms with van der Waals surface area (Å²) < 4.78 is 14.0. The maximum Gasteiger partial charge on any atom is 0.128 e. The summed E-state index contributed by atoms with van der Waals surface area (Å²) in [4.78, 5) is 2.34. The fourth-order valence-electron chi connectivity index (χ4n) is 2.46. The summed E-state index contributed by atoms with van der Waals surface area (Å²) in [5.41, 5.74) is 0.790. The van der Waals surface area contributed by atoms with E-state index in [4.69, 9.17) is 0 Å². The van der Waals surface area contributed by atoms with Crippen molar-refractivity contribution in [1.29, 1.82) is 0 Å². The van der Waals surface area contributed by atoms with Crippen molar-refractivity contribution in [3.05, 3.63) is 35.6 Å². The summed E-state index contributed by atoms with van der Waals surface area (Å²) in [7, 11) is 2.13. The largest absolute Gasteiger partial charge is 0.309 e. The summed E-state index contributed by atoms with van der Waals surface area (Å²) in [6, 6.07) is 7.56. The molecule has 2 nitrogen and oxygen atoms in total. The van der Waals surface area contributed by atoms with Crippen LogP contribution in [0.2, 0.25) is 0 Å². The molecular weight excluding hydrogens is 247 g/mol. The molecule has 0 bridgehead atoms. The van der Waals surface area contributed by atoms with Crippen molar-refractivity contribution >= 4 is 11.8 Å². The van der Waals surface area contributed by atoms with Gasteiger partial charge in [-0.2, -0.15) is 11.8 Å². The van der Waals surface area contributed by atoms with Gasteiger partial charge in [-0.25, -0.2) is 4.39 Å². The zero-order chi connectivity index (χ0) is 13.0. The van der Waals surface area contributed by atoms with Crippen LogP contribution in [0.5, 0.6) is 0 Å². The van der Waals surface area contributed by atoms with E-state index in [-0.39, 0.29) is 11.9 Å². The van der Waals surface area contributed by atoms with Gasteiger partial charge in [-0.1, -0.05) is 25.1 Å². The third-order valence-corrected chi connectivity index (χ3v) is 4.54. The number of hydrogen-bond acceptors (Lipinski definition) is 3. The van der Waals surface area contributed by atoms with Gasteiger partial charge in [-0.15, -0.1) is 0 Å². The molecule has 1 aliphatic rings. The van der Waals surface area contributed by atoms with Crippen LogP contribution in [0.3, 0.4) is 0 Å². The Hall–Kier alpha value is -0.580. The van der Waals surface area contributed by atoms with Gasteiger partial charge in [-0.3, -0.25) is 4.90 Å². The van der Waals surface area contributed by atoms with E-state index >= 15 is 0 Å². The van der Waals surface area contributed by atoms with Gasteiger partial charge in [0.15, 0.2) is 0 Å². The van der Waals surface area contributed by atoms with Gasteiger partial charge in [0.25, 0.3) is 0 Å². The molecule has 1 saturated heterocycles. The topological polar surface area (TPSA) is 15.3 Å². The second-order valence-electron chi connectivity index (χ2n) is 4.68. The molecule has 1 aliphatic heterocycles. The standard InChI is InChI=1S/C14H21FN2S/c1-3-16-14(11-6-4-5-7-12(11)15)13-10-18-9-8-17(13)2/h4-7,13-14,16H,3,8-10H2,1-2H3. The Morgan fingerprint density at radius 3 is 2.94 bits per heavy atom. The molecule has 1 aromatic carbocycles. The second kappa shape index (κ2) is 6.55. The van der Waals surface area contributed by atoms with E-state index < -0.39 is 0 Å². The fraction of sp³-hybridized carbons (Fsp3) is 0.571. The van der Waals surface area contributed by atoms with Gasteiger partial charge in [-0.05, 0) is 19.7 Å². The number of rotatable bonds is 4. The predicted octanol–water partition coefficient (Wildman–Crippen LogP) is 2.52. The normalized spacial score (nSPS) is 22.9. The molecule has 1 aromatic rings. The molecule has 2 unspecified atom stereocenters. The minimum atomic E-state index is -0.104. The van der Waals surface area contributed by atoms with Gasteiger partial charge >= 0.3 is 0 Å². The number of thioether (sulfide) groups is 1. The van der Waals surface area contributed by atoms with Crippen LogP contribution < -0.4 is 5.32 Å². The Kier molecular flexibility index (Phi) is 5.03. The number of likely N-dealkylation sites (N-methyl/N-ethyl adjacent to an activating group) is 2. The molecule has 0 spiro atoms. The van der Waals surface area contributed by atoms with Crippen LogP contribution in [0.4, 0.5) is 4.39 Å². The molecule has 4 heteroatoms. The molecule has 0 amide bonds. The van der Waals surface area contributed by atoms with Crippen molar-refractivity contribution in [2.75, 3.05) is 31.6 Å². The van der Waals surface area contributed by atoms with Crippen molar-refractivity contribution in [2.24, 2.45) is 0 Å². The van der Waals surface area contributed by atoms with E-state index in [0.717, 1.165) is 24.4 Å². The number of nitrogens with one attached hydrogen (secondary N) is 1. The van der Waals surface area contributed by atoms with E-state index in [2.05, 4.69) is 24.2 Å². The molecule has 2 atom stereocenters. The molecule has 1 heterocycles. The SMILES string of the molecule is CCNC(c1ccccc1F)C1CSCCN1C. The molecule has 0 radical (unpaired) electrons. The average molecular weight is 268 g/mol. The third-order valence-electron chi connectivity index (χ3n) is 3.49. The van der Waals surface area contributed by atoms with E-state index in [0.29, 0.717) is 6.04 Å². The first-order valence-electron chi connectivity index (χ1n) is 6.49. The van der Waals surface area contributed by atoms with Crippen LogP contribution in [0.15, 0.2) is 24.3 Å². The van der Waals surface area contributed by atoms with Crippen LogP contribution in [-0.2, 0) is 0 Å². The van der Waals surface area contributed by atoms with Crippen molar-refractivity contribution in [1.82, 2.24) is 10.2 Å². The van der Waals surface area contributed by atoms with Crippen molar-refractivity contribution in [2.45, 2.75) is 19.0 Å². The minimum Gasteiger partial charge on any atom is -0.309 e. The quantitative estimate of drug-likeness (QED) is 0.903. The fourth-order valence-corrected chi connectivity index (χ4v) is 3.73. The van der Waals surface area contributed by atoms with Crippen LogP contribution in [0.1, 0.15) is 18.5 Å². The molecule has 100 valence electrons. The molecule has 0 aromatic heterocycles. The predicted molar refractivity (Wildman–Crippen MR) is 76.6 cm³/mol. The van der Waals surface area contributed by atoms with Crippen molar-refractivity contribution in [3.63, 3.8) is 0 Å². The number of hydrogen-bond donors (Lipinski definition) is 1. The van der Waals surface area contributed by atoms with Gasteiger partial charge in [0, 0.05) is 29.7 Å². The molecule has 1 fully saturated rings. The summed E-state index contributed by atoms with van der Waals surface area (Å²) in [5.74, 6) is 2.12. The Morgan fingerprint density at radius 2 is 2.28 bits per heavy atom. The minimum absolute atomic E-state index is 0.0778. The van der Waals surface area contributed by atoms with Crippen LogP contribution in [0.25, 0.3) is 0 Å². The smallest absolute Gasteiger partial charge is 0.128 e. The zero-order valence-electron chi connectivity index (χ0n) is 11.0. The highest BCUT2D eigenvalue weighted by molar-refractivity contribution is 7.99. The molecule has 2 rings (SSSR count). The lowest BCUT2D eigenvalue weighted by molar-refractivity contribution is 0.214. The second-order valence-corrected chi connectivity index (χ2v) is 5.83. The first-order valence-corrected chi connectivity index (χ1v) is 7.65. The van der Waals surface area contributed by atoms with E-state index in [1.807, 2.05) is 23.9 Å². The highest BCUT2D eigenvalue weighted by atomic mass is 32.2. The lowest BCUT2D eigenvalue weighted by Crippen LogP contribution is -2.48. The number of benzene rings is 1. The van der Waals surface area contributed by atoms with E-state index in [1.165, 1.54) is 5.75 Å². The highest BCUT2D eigenvalue weighted by Crippen LogP contribution is 2.28. The van der Waals surface area contributed by atoms with Crippen molar-refractivity contribution < 1.29 is 4.39 Å². The summed E-state index contributed by atoms with van der Waals surface area (Å²) >= 11 is 1.96. The van der Waals surface area contributed by atoms with Gasteiger partial charge in [0.2, 0.25) is 0 Å². The molecule has 18 heavy (non-hydrogen) atoms. The summed E-state index contributed by atoms with van der Waals surface area (Å²) in [6.07, 6.45) is 0. The Labute approximate surface area is 113 Å². The van der Waals surface area contributed by atoms with Gasteiger partial charge in [0.1, 0.15) is 5.82 Å². The van der Waals surface area contributed by atoms with Gasteiger partial charge in [0.05, 0.1) is 6.04 Å².